The van der Waals surface area contributed by atoms with Crippen LogP contribution in [0.25, 0.3) is 0 Å². The molecule has 1 saturated carbocycles. The van der Waals surface area contributed by atoms with Gasteiger partial charge >= 0.3 is 0 Å². The summed E-state index contributed by atoms with van der Waals surface area (Å²) in [6.07, 6.45) is 5.46. The van der Waals surface area contributed by atoms with E-state index in [2.05, 4.69) is 0 Å². The minimum absolute atomic E-state index is 0.158. The van der Waals surface area contributed by atoms with Crippen LogP contribution in [0, 0.1) is 11.8 Å². The molecule has 2 fully saturated rings. The Morgan fingerprint density at radius 1 is 1.31 bits per heavy atom. The predicted molar refractivity (Wildman–Crippen MR) is 50.5 cm³/mol. The Morgan fingerprint density at radius 3 is 2.69 bits per heavy atom. The van der Waals surface area contributed by atoms with Gasteiger partial charge in [-0.15, -0.1) is 0 Å². The molecule has 4 atom stereocenters. The van der Waals surface area contributed by atoms with Gasteiger partial charge in [-0.3, -0.25) is 4.79 Å². The van der Waals surface area contributed by atoms with Gasteiger partial charge in [-0.1, -0.05) is 12.8 Å². The smallest absolute Gasteiger partial charge is 0.135 e. The Kier molecular flexibility index (Phi) is 2.41. The molecule has 1 aliphatic carbocycles. The topological polar surface area (TPSA) is 26.3 Å². The summed E-state index contributed by atoms with van der Waals surface area (Å²) in [7, 11) is 0. The van der Waals surface area contributed by atoms with E-state index in [9.17, 15) is 4.79 Å². The second-order valence-corrected chi connectivity index (χ2v) is 4.46. The molecule has 2 heteroatoms. The van der Waals surface area contributed by atoms with Crippen molar-refractivity contribution in [1.82, 2.24) is 0 Å². The van der Waals surface area contributed by atoms with Gasteiger partial charge in [-0.25, -0.2) is 0 Å². The van der Waals surface area contributed by atoms with Crippen LogP contribution in [0.3, 0.4) is 0 Å². The van der Waals surface area contributed by atoms with E-state index in [-0.39, 0.29) is 12.0 Å². The highest BCUT2D eigenvalue weighted by Gasteiger charge is 2.45. The molecule has 1 saturated heterocycles. The zero-order valence-electron chi connectivity index (χ0n) is 8.45. The van der Waals surface area contributed by atoms with E-state index in [1.165, 1.54) is 25.7 Å². The van der Waals surface area contributed by atoms with E-state index in [1.54, 1.807) is 6.92 Å². The number of hydrogen-bond acceptors (Lipinski definition) is 2. The third-order valence-corrected chi connectivity index (χ3v) is 3.58. The van der Waals surface area contributed by atoms with E-state index in [1.807, 2.05) is 6.92 Å². The standard InChI is InChI=1S/C11H18O2/c1-7(12)11-8(2)13-10-6-4-3-5-9(10)11/h8-11H,3-6H2,1-2H3/t8-,9+,10-,11+/m0/s1. The number of hydrogen-bond donors (Lipinski definition) is 0. The van der Waals surface area contributed by atoms with Crippen LogP contribution >= 0.6 is 0 Å². The molecular weight excluding hydrogens is 164 g/mol. The summed E-state index contributed by atoms with van der Waals surface area (Å²) in [6.45, 7) is 3.76. The van der Waals surface area contributed by atoms with E-state index in [0.29, 0.717) is 17.8 Å². The van der Waals surface area contributed by atoms with E-state index in [0.717, 1.165) is 0 Å². The molecule has 2 nitrogen and oxygen atoms in total. The van der Waals surface area contributed by atoms with Crippen LogP contribution < -0.4 is 0 Å². The van der Waals surface area contributed by atoms with E-state index < -0.39 is 0 Å². The maximum absolute atomic E-state index is 11.4. The molecule has 0 aromatic carbocycles. The van der Waals surface area contributed by atoms with Crippen molar-refractivity contribution >= 4 is 5.78 Å². The quantitative estimate of drug-likeness (QED) is 0.621. The van der Waals surface area contributed by atoms with E-state index in [4.69, 9.17) is 4.74 Å². The Balaban J connectivity index is 2.13. The van der Waals surface area contributed by atoms with Crippen molar-refractivity contribution < 1.29 is 9.53 Å². The zero-order chi connectivity index (χ0) is 9.42. The summed E-state index contributed by atoms with van der Waals surface area (Å²) in [5.41, 5.74) is 0. The van der Waals surface area contributed by atoms with Crippen molar-refractivity contribution in [1.29, 1.82) is 0 Å². The van der Waals surface area contributed by atoms with Gasteiger partial charge in [-0.05, 0) is 32.6 Å². The highest BCUT2D eigenvalue weighted by Crippen LogP contribution is 2.41. The van der Waals surface area contributed by atoms with Crippen molar-refractivity contribution in [3.05, 3.63) is 0 Å². The van der Waals surface area contributed by atoms with E-state index >= 15 is 0 Å². The summed E-state index contributed by atoms with van der Waals surface area (Å²) >= 11 is 0. The maximum Gasteiger partial charge on any atom is 0.135 e. The van der Waals surface area contributed by atoms with Crippen LogP contribution in [0.5, 0.6) is 0 Å². The first-order valence-electron chi connectivity index (χ1n) is 5.36. The summed E-state index contributed by atoms with van der Waals surface area (Å²) < 4.78 is 5.82. The van der Waals surface area contributed by atoms with Crippen molar-refractivity contribution in [3.63, 3.8) is 0 Å². The predicted octanol–water partition coefficient (Wildman–Crippen LogP) is 2.17. The lowest BCUT2D eigenvalue weighted by Crippen LogP contribution is -2.29. The fraction of sp³-hybridized carbons (Fsp3) is 0.909. The fourth-order valence-corrected chi connectivity index (χ4v) is 3.05. The number of carbonyl (C=O) groups is 1. The van der Waals surface area contributed by atoms with Crippen molar-refractivity contribution in [2.45, 2.75) is 51.7 Å². The van der Waals surface area contributed by atoms with Crippen molar-refractivity contribution in [2.75, 3.05) is 0 Å². The highest BCUT2D eigenvalue weighted by molar-refractivity contribution is 5.79. The monoisotopic (exact) mass is 182 g/mol. The molecule has 0 N–H and O–H groups in total. The lowest BCUT2D eigenvalue weighted by Gasteiger charge is -2.26. The van der Waals surface area contributed by atoms with Gasteiger partial charge in [0.2, 0.25) is 0 Å². The Hall–Kier alpha value is -0.370. The number of fused-ring (bicyclic) bond motifs is 1. The summed E-state index contributed by atoms with van der Waals surface area (Å²) in [6, 6.07) is 0. The lowest BCUT2D eigenvalue weighted by atomic mass is 9.77. The Morgan fingerprint density at radius 2 is 2.00 bits per heavy atom. The highest BCUT2D eigenvalue weighted by atomic mass is 16.5. The second kappa shape index (κ2) is 3.41. The Labute approximate surface area is 79.7 Å². The molecule has 0 aromatic heterocycles. The minimum atomic E-state index is 0.158. The lowest BCUT2D eigenvalue weighted by molar-refractivity contribution is -0.123. The van der Waals surface area contributed by atoms with Gasteiger partial charge < -0.3 is 4.74 Å². The summed E-state index contributed by atoms with van der Waals surface area (Å²) in [4.78, 5) is 11.4. The van der Waals surface area contributed by atoms with Crippen LogP contribution in [0.4, 0.5) is 0 Å². The van der Waals surface area contributed by atoms with Crippen molar-refractivity contribution in [2.24, 2.45) is 11.8 Å². The van der Waals surface area contributed by atoms with Gasteiger partial charge in [0.1, 0.15) is 5.78 Å². The van der Waals surface area contributed by atoms with Gasteiger partial charge in [0, 0.05) is 5.92 Å². The normalized spacial score (nSPS) is 44.5. The fourth-order valence-electron chi connectivity index (χ4n) is 3.05. The number of ketones is 1. The summed E-state index contributed by atoms with van der Waals surface area (Å²) in [5, 5.41) is 0. The first-order chi connectivity index (χ1) is 6.20. The molecule has 0 radical (unpaired) electrons. The molecule has 1 heterocycles. The number of rotatable bonds is 1. The third kappa shape index (κ3) is 1.52. The molecule has 0 amide bonds. The number of ether oxygens (including phenoxy) is 1. The third-order valence-electron chi connectivity index (χ3n) is 3.58. The van der Waals surface area contributed by atoms with Crippen molar-refractivity contribution in [3.8, 4) is 0 Å². The molecule has 0 bridgehead atoms. The molecule has 0 spiro atoms. The largest absolute Gasteiger partial charge is 0.374 e. The van der Waals surface area contributed by atoms with Crippen LogP contribution in [-0.2, 0) is 9.53 Å². The molecule has 2 rings (SSSR count). The average molecular weight is 182 g/mol. The van der Waals surface area contributed by atoms with Gasteiger partial charge in [0.05, 0.1) is 12.2 Å². The minimum Gasteiger partial charge on any atom is -0.374 e. The second-order valence-electron chi connectivity index (χ2n) is 4.46. The molecule has 13 heavy (non-hydrogen) atoms. The molecule has 0 aromatic rings. The van der Waals surface area contributed by atoms with Gasteiger partial charge in [0.15, 0.2) is 0 Å². The first kappa shape index (κ1) is 9.20. The molecule has 1 aliphatic heterocycles. The van der Waals surface area contributed by atoms with Crippen LogP contribution in [-0.4, -0.2) is 18.0 Å². The molecule has 0 unspecified atom stereocenters. The van der Waals surface area contributed by atoms with Crippen LogP contribution in [0.1, 0.15) is 39.5 Å². The van der Waals surface area contributed by atoms with Crippen LogP contribution in [0.2, 0.25) is 0 Å². The molecule has 74 valence electrons. The van der Waals surface area contributed by atoms with Gasteiger partial charge in [-0.2, -0.15) is 0 Å². The van der Waals surface area contributed by atoms with Gasteiger partial charge in [0.25, 0.3) is 0 Å². The summed E-state index contributed by atoms with van der Waals surface area (Å²) in [5.74, 6) is 1.04. The molecule has 2 aliphatic rings. The SMILES string of the molecule is CC(=O)[C@H]1[C@@H]2CCCC[C@@H]2O[C@H]1C. The Bertz CT molecular complexity index is 212. The number of Topliss-reactive ketones (excluding diaryl/α,β-unsaturated/α-hetero) is 1. The first-order valence-corrected chi connectivity index (χ1v) is 5.36. The maximum atomic E-state index is 11.4. The number of carbonyl (C=O) groups excluding carboxylic acids is 1. The molecular formula is C11H18O2. The average Bonchev–Trinajstić information content (AvgIpc) is 2.39. The van der Waals surface area contributed by atoms with Crippen LogP contribution in [0.15, 0.2) is 0 Å². The zero-order valence-corrected chi connectivity index (χ0v) is 8.45.